The van der Waals surface area contributed by atoms with Crippen LogP contribution in [0, 0.1) is 0 Å². The molecule has 78 valence electrons. The summed E-state index contributed by atoms with van der Waals surface area (Å²) in [5.74, 6) is 0.209. The number of ketones is 1. The van der Waals surface area contributed by atoms with Crippen molar-refractivity contribution in [2.75, 3.05) is 0 Å². The van der Waals surface area contributed by atoms with Crippen molar-refractivity contribution in [2.24, 2.45) is 0 Å². The van der Waals surface area contributed by atoms with Crippen LogP contribution in [0.2, 0.25) is 0 Å². The van der Waals surface area contributed by atoms with E-state index in [1.54, 1.807) is 6.07 Å². The second kappa shape index (κ2) is 3.95. The molecule has 1 aromatic heterocycles. The van der Waals surface area contributed by atoms with E-state index in [9.17, 15) is 4.79 Å². The second-order valence-electron chi connectivity index (χ2n) is 3.70. The van der Waals surface area contributed by atoms with E-state index in [1.165, 1.54) is 0 Å². The number of aliphatic hydroxyl groups excluding tert-OH is 1. The van der Waals surface area contributed by atoms with Gasteiger partial charge in [0.1, 0.15) is 0 Å². The molecule has 1 heterocycles. The van der Waals surface area contributed by atoms with Crippen LogP contribution in [-0.2, 0) is 11.4 Å². The van der Waals surface area contributed by atoms with Crippen LogP contribution in [0.3, 0.4) is 0 Å². The highest BCUT2D eigenvalue weighted by atomic mass is 16.3. The van der Waals surface area contributed by atoms with Crippen LogP contribution < -0.4 is 0 Å². The number of rotatable bonds is 2. The first-order valence-electron chi connectivity index (χ1n) is 5.02. The van der Waals surface area contributed by atoms with E-state index < -0.39 is 0 Å². The van der Waals surface area contributed by atoms with Gasteiger partial charge in [-0.3, -0.25) is 9.78 Å². The van der Waals surface area contributed by atoms with Crippen LogP contribution in [0.4, 0.5) is 0 Å². The minimum Gasteiger partial charge on any atom is -0.390 e. The lowest BCUT2D eigenvalue weighted by Gasteiger charge is -2.04. The van der Waals surface area contributed by atoms with Crippen LogP contribution in [0.5, 0.6) is 0 Å². The maximum atomic E-state index is 11.4. The Bertz CT molecular complexity index is 435. The molecule has 0 saturated carbocycles. The number of carbonyl (C=O) groups is 1. The molecule has 0 atom stereocenters. The van der Waals surface area contributed by atoms with Gasteiger partial charge in [0.05, 0.1) is 18.0 Å². The van der Waals surface area contributed by atoms with Crippen molar-refractivity contribution in [3.63, 3.8) is 0 Å². The first-order chi connectivity index (χ1) is 7.22. The van der Waals surface area contributed by atoms with Gasteiger partial charge in [0.15, 0.2) is 5.78 Å². The van der Waals surface area contributed by atoms with E-state index in [0.29, 0.717) is 12.1 Å². The van der Waals surface area contributed by atoms with E-state index in [-0.39, 0.29) is 12.4 Å². The van der Waals surface area contributed by atoms with Gasteiger partial charge in [-0.1, -0.05) is 6.07 Å². The Morgan fingerprint density at radius 3 is 2.80 bits per heavy atom. The molecule has 0 aromatic carbocycles. The molecule has 0 saturated heterocycles. The van der Waals surface area contributed by atoms with Crippen LogP contribution in [0.15, 0.2) is 23.8 Å². The molecule has 0 aliphatic heterocycles. The highest BCUT2D eigenvalue weighted by Crippen LogP contribution is 2.30. The van der Waals surface area contributed by atoms with Crippen molar-refractivity contribution in [3.05, 3.63) is 35.2 Å². The Morgan fingerprint density at radius 2 is 2.20 bits per heavy atom. The van der Waals surface area contributed by atoms with Gasteiger partial charge < -0.3 is 5.11 Å². The minimum atomic E-state index is -0.0614. The molecule has 1 aromatic rings. The highest BCUT2D eigenvalue weighted by Gasteiger charge is 2.20. The molecule has 2 rings (SSSR count). The molecule has 1 aliphatic rings. The molecule has 0 fully saturated rings. The zero-order chi connectivity index (χ0) is 10.8. The zero-order valence-electron chi connectivity index (χ0n) is 8.66. The molecule has 1 aliphatic carbocycles. The number of aliphatic hydroxyl groups is 1. The van der Waals surface area contributed by atoms with Crippen molar-refractivity contribution in [1.29, 1.82) is 0 Å². The number of carbonyl (C=O) groups excluding carboxylic acids is 1. The maximum Gasteiger partial charge on any atom is 0.159 e. The predicted molar refractivity (Wildman–Crippen MR) is 57.0 cm³/mol. The van der Waals surface area contributed by atoms with Gasteiger partial charge in [-0.25, -0.2) is 0 Å². The lowest BCUT2D eigenvalue weighted by molar-refractivity contribution is -0.114. The lowest BCUT2D eigenvalue weighted by Crippen LogP contribution is -1.95. The topological polar surface area (TPSA) is 50.2 Å². The van der Waals surface area contributed by atoms with Crippen molar-refractivity contribution in [2.45, 2.75) is 26.4 Å². The van der Waals surface area contributed by atoms with Crippen molar-refractivity contribution in [1.82, 2.24) is 4.98 Å². The summed E-state index contributed by atoms with van der Waals surface area (Å²) in [6.07, 6.45) is 1.36. The predicted octanol–water partition coefficient (Wildman–Crippen LogP) is 1.71. The normalized spacial score (nSPS) is 16.3. The van der Waals surface area contributed by atoms with Crippen LogP contribution in [0.1, 0.15) is 31.2 Å². The number of Topliss-reactive ketones (excluding diaryl/α,β-unsaturated/α-hetero) is 1. The van der Waals surface area contributed by atoms with Gasteiger partial charge >= 0.3 is 0 Å². The van der Waals surface area contributed by atoms with Gasteiger partial charge in [-0.05, 0) is 36.6 Å². The highest BCUT2D eigenvalue weighted by molar-refractivity contribution is 6.06. The lowest BCUT2D eigenvalue weighted by atomic mass is 10.1. The number of allylic oxidation sites excluding steroid dienone is 2. The van der Waals surface area contributed by atoms with E-state index in [1.807, 2.05) is 19.1 Å². The fraction of sp³-hybridized carbons (Fsp3) is 0.333. The summed E-state index contributed by atoms with van der Waals surface area (Å²) in [5, 5.41) is 8.98. The van der Waals surface area contributed by atoms with Crippen LogP contribution in [0.25, 0.3) is 5.57 Å². The summed E-state index contributed by atoms with van der Waals surface area (Å²) in [5.41, 5.74) is 3.31. The monoisotopic (exact) mass is 203 g/mol. The molecular formula is C12H13NO2. The van der Waals surface area contributed by atoms with Crippen molar-refractivity contribution in [3.8, 4) is 0 Å². The Morgan fingerprint density at radius 1 is 1.40 bits per heavy atom. The number of hydrogen-bond acceptors (Lipinski definition) is 3. The molecule has 3 heteroatoms. The molecule has 0 radical (unpaired) electrons. The molecule has 0 amide bonds. The van der Waals surface area contributed by atoms with Crippen LogP contribution >= 0.6 is 0 Å². The van der Waals surface area contributed by atoms with Gasteiger partial charge in [-0.15, -0.1) is 0 Å². The number of nitrogens with zero attached hydrogens (tertiary/aromatic N) is 1. The quantitative estimate of drug-likeness (QED) is 0.796. The van der Waals surface area contributed by atoms with E-state index in [4.69, 9.17) is 5.11 Å². The third-order valence-corrected chi connectivity index (χ3v) is 2.75. The Kier molecular flexibility index (Phi) is 2.64. The standard InChI is InChI=1S/C12H13NO2/c1-8-10(5-6-12(8)15)11-4-2-3-9(7-14)13-11/h2-4,14H,5-7H2,1H3. The fourth-order valence-electron chi connectivity index (χ4n) is 1.84. The van der Waals surface area contributed by atoms with E-state index in [2.05, 4.69) is 4.98 Å². The largest absolute Gasteiger partial charge is 0.390 e. The fourth-order valence-corrected chi connectivity index (χ4v) is 1.84. The summed E-state index contributed by atoms with van der Waals surface area (Å²) in [6, 6.07) is 5.52. The van der Waals surface area contributed by atoms with Gasteiger partial charge in [0, 0.05) is 6.42 Å². The van der Waals surface area contributed by atoms with Gasteiger partial charge in [0.25, 0.3) is 0 Å². The third kappa shape index (κ3) is 1.83. The summed E-state index contributed by atoms with van der Waals surface area (Å²) < 4.78 is 0. The van der Waals surface area contributed by atoms with Crippen molar-refractivity contribution < 1.29 is 9.90 Å². The van der Waals surface area contributed by atoms with Crippen LogP contribution in [-0.4, -0.2) is 15.9 Å². The van der Waals surface area contributed by atoms with Crippen molar-refractivity contribution >= 4 is 11.4 Å². The second-order valence-corrected chi connectivity index (χ2v) is 3.70. The Labute approximate surface area is 88.5 Å². The number of aromatic nitrogens is 1. The molecule has 0 spiro atoms. The molecule has 15 heavy (non-hydrogen) atoms. The zero-order valence-corrected chi connectivity index (χ0v) is 8.66. The first-order valence-corrected chi connectivity index (χ1v) is 5.02. The molecular weight excluding hydrogens is 190 g/mol. The number of hydrogen-bond donors (Lipinski definition) is 1. The maximum absolute atomic E-state index is 11.4. The summed E-state index contributed by atoms with van der Waals surface area (Å²) in [7, 11) is 0. The average molecular weight is 203 g/mol. The third-order valence-electron chi connectivity index (χ3n) is 2.75. The van der Waals surface area contributed by atoms with E-state index >= 15 is 0 Å². The Hall–Kier alpha value is -1.48. The molecule has 3 nitrogen and oxygen atoms in total. The minimum absolute atomic E-state index is 0.0614. The molecule has 0 unspecified atom stereocenters. The summed E-state index contributed by atoms with van der Waals surface area (Å²) in [4.78, 5) is 15.7. The Balaban J connectivity index is 2.42. The van der Waals surface area contributed by atoms with Gasteiger partial charge in [0.2, 0.25) is 0 Å². The SMILES string of the molecule is CC1=C(c2cccc(CO)n2)CCC1=O. The molecule has 1 N–H and O–H groups in total. The smallest absolute Gasteiger partial charge is 0.159 e. The first kappa shape index (κ1) is 10.1. The number of pyridine rings is 1. The summed E-state index contributed by atoms with van der Waals surface area (Å²) >= 11 is 0. The van der Waals surface area contributed by atoms with Gasteiger partial charge in [-0.2, -0.15) is 0 Å². The average Bonchev–Trinajstić information content (AvgIpc) is 2.60. The van der Waals surface area contributed by atoms with E-state index in [0.717, 1.165) is 23.3 Å². The molecule has 0 bridgehead atoms. The summed E-state index contributed by atoms with van der Waals surface area (Å²) in [6.45, 7) is 1.78.